The topological polar surface area (TPSA) is 43.1 Å². The lowest BCUT2D eigenvalue weighted by Crippen LogP contribution is -2.24. The van der Waals surface area contributed by atoms with Crippen LogP contribution >= 0.6 is 0 Å². The number of hydrogen-bond acceptors (Lipinski definition) is 2. The normalized spacial score (nSPS) is 14.8. The summed E-state index contributed by atoms with van der Waals surface area (Å²) in [6.07, 6.45) is 0. The zero-order valence-electron chi connectivity index (χ0n) is 12.2. The second kappa shape index (κ2) is 5.90. The highest BCUT2D eigenvalue weighted by molar-refractivity contribution is 7.86. The fourth-order valence-corrected chi connectivity index (χ4v) is 3.35. The zero-order chi connectivity index (χ0) is 14.8. The van der Waals surface area contributed by atoms with Crippen LogP contribution in [0.1, 0.15) is 37.9 Å². The van der Waals surface area contributed by atoms with Crippen LogP contribution in [-0.2, 0) is 10.8 Å². The first kappa shape index (κ1) is 14.9. The SMILES string of the molecule is CC(C)(C)S(=O)c1ccccc1C(N)c1ccccc1. The molecule has 0 radical (unpaired) electrons. The molecule has 2 nitrogen and oxygen atoms in total. The minimum atomic E-state index is -1.09. The molecule has 0 aliphatic carbocycles. The molecule has 0 saturated carbocycles. The van der Waals surface area contributed by atoms with Crippen LogP contribution in [0.3, 0.4) is 0 Å². The summed E-state index contributed by atoms with van der Waals surface area (Å²) >= 11 is 0. The van der Waals surface area contributed by atoms with Crippen molar-refractivity contribution < 1.29 is 4.21 Å². The predicted octanol–water partition coefficient (Wildman–Crippen LogP) is 3.64. The van der Waals surface area contributed by atoms with Crippen LogP contribution < -0.4 is 5.73 Å². The Balaban J connectivity index is 2.46. The third-order valence-electron chi connectivity index (χ3n) is 3.17. The first-order chi connectivity index (χ1) is 9.41. The Bertz CT molecular complexity index is 602. The van der Waals surface area contributed by atoms with E-state index in [1.54, 1.807) is 0 Å². The Labute approximate surface area is 123 Å². The lowest BCUT2D eigenvalue weighted by atomic mass is 10.00. The molecule has 0 aliphatic heterocycles. The molecule has 0 amide bonds. The van der Waals surface area contributed by atoms with Crippen LogP contribution in [-0.4, -0.2) is 8.96 Å². The van der Waals surface area contributed by atoms with Crippen LogP contribution in [0.25, 0.3) is 0 Å². The third kappa shape index (κ3) is 3.17. The van der Waals surface area contributed by atoms with Crippen LogP contribution in [0.5, 0.6) is 0 Å². The second-order valence-corrected chi connectivity index (χ2v) is 8.01. The molecule has 2 atom stereocenters. The Morgan fingerprint density at radius 2 is 1.50 bits per heavy atom. The van der Waals surface area contributed by atoms with Crippen molar-refractivity contribution in [3.63, 3.8) is 0 Å². The summed E-state index contributed by atoms with van der Waals surface area (Å²) < 4.78 is 12.4. The summed E-state index contributed by atoms with van der Waals surface area (Å²) in [6.45, 7) is 5.94. The van der Waals surface area contributed by atoms with E-state index in [1.807, 2.05) is 75.4 Å². The summed E-state index contributed by atoms with van der Waals surface area (Å²) in [6, 6.07) is 17.4. The zero-order valence-corrected chi connectivity index (χ0v) is 13.0. The molecule has 0 spiro atoms. The third-order valence-corrected chi connectivity index (χ3v) is 5.05. The molecule has 20 heavy (non-hydrogen) atoms. The fourth-order valence-electron chi connectivity index (χ4n) is 2.08. The molecule has 2 aromatic rings. The van der Waals surface area contributed by atoms with Crippen molar-refractivity contribution in [1.82, 2.24) is 0 Å². The molecule has 0 aliphatic rings. The van der Waals surface area contributed by atoms with Gasteiger partial charge in [-0.15, -0.1) is 0 Å². The molecule has 0 saturated heterocycles. The van der Waals surface area contributed by atoms with Gasteiger partial charge >= 0.3 is 0 Å². The van der Waals surface area contributed by atoms with Gasteiger partial charge in [-0.25, -0.2) is 0 Å². The Morgan fingerprint density at radius 3 is 2.10 bits per heavy atom. The summed E-state index contributed by atoms with van der Waals surface area (Å²) in [7, 11) is -1.09. The van der Waals surface area contributed by atoms with Crippen molar-refractivity contribution >= 4 is 10.8 Å². The number of nitrogens with two attached hydrogens (primary N) is 1. The van der Waals surface area contributed by atoms with E-state index in [0.717, 1.165) is 16.0 Å². The highest BCUT2D eigenvalue weighted by Crippen LogP contribution is 2.29. The number of hydrogen-bond donors (Lipinski definition) is 1. The van der Waals surface area contributed by atoms with Crippen molar-refractivity contribution in [2.45, 2.75) is 36.5 Å². The van der Waals surface area contributed by atoms with E-state index in [2.05, 4.69) is 0 Å². The molecule has 0 heterocycles. The van der Waals surface area contributed by atoms with Gasteiger partial charge in [-0.1, -0.05) is 48.5 Å². The summed E-state index contributed by atoms with van der Waals surface area (Å²) in [4.78, 5) is 0.830. The van der Waals surface area contributed by atoms with Gasteiger partial charge in [-0.2, -0.15) is 0 Å². The Hall–Kier alpha value is -1.45. The van der Waals surface area contributed by atoms with E-state index in [9.17, 15) is 4.21 Å². The van der Waals surface area contributed by atoms with Crippen molar-refractivity contribution in [3.05, 3.63) is 65.7 Å². The predicted molar refractivity (Wildman–Crippen MR) is 85.1 cm³/mol. The van der Waals surface area contributed by atoms with Crippen LogP contribution in [0.2, 0.25) is 0 Å². The molecule has 3 heteroatoms. The molecule has 106 valence electrons. The maximum Gasteiger partial charge on any atom is 0.0587 e. The van der Waals surface area contributed by atoms with Crippen molar-refractivity contribution in [2.24, 2.45) is 5.73 Å². The number of rotatable bonds is 3. The summed E-state index contributed by atoms with van der Waals surface area (Å²) in [5, 5.41) is 0. The van der Waals surface area contributed by atoms with Crippen LogP contribution in [0.15, 0.2) is 59.5 Å². The van der Waals surface area contributed by atoms with Gasteiger partial charge < -0.3 is 5.73 Å². The highest BCUT2D eigenvalue weighted by Gasteiger charge is 2.25. The van der Waals surface area contributed by atoms with Gasteiger partial charge in [0.15, 0.2) is 0 Å². The monoisotopic (exact) mass is 287 g/mol. The molecule has 0 fully saturated rings. The van der Waals surface area contributed by atoms with Gasteiger partial charge in [-0.3, -0.25) is 4.21 Å². The Morgan fingerprint density at radius 1 is 0.950 bits per heavy atom. The van der Waals surface area contributed by atoms with E-state index < -0.39 is 10.8 Å². The molecule has 0 bridgehead atoms. The number of benzene rings is 2. The first-order valence-corrected chi connectivity index (χ1v) is 7.87. The molecule has 2 unspecified atom stereocenters. The molecular formula is C17H21NOS. The van der Waals surface area contributed by atoms with Crippen LogP contribution in [0, 0.1) is 0 Å². The van der Waals surface area contributed by atoms with E-state index in [0.29, 0.717) is 0 Å². The maximum atomic E-state index is 12.7. The standard InChI is InChI=1S/C17H21NOS/c1-17(2,3)20(19)15-12-8-7-11-14(15)16(18)13-9-5-4-6-10-13/h4-12,16H,18H2,1-3H3. The van der Waals surface area contributed by atoms with Crippen molar-refractivity contribution in [3.8, 4) is 0 Å². The van der Waals surface area contributed by atoms with Gasteiger partial charge in [0, 0.05) is 9.64 Å². The highest BCUT2D eigenvalue weighted by atomic mass is 32.2. The van der Waals surface area contributed by atoms with Crippen LogP contribution in [0.4, 0.5) is 0 Å². The minimum absolute atomic E-state index is 0.251. The van der Waals surface area contributed by atoms with Gasteiger partial charge in [0.2, 0.25) is 0 Å². The van der Waals surface area contributed by atoms with Gasteiger partial charge in [0.05, 0.1) is 16.8 Å². The van der Waals surface area contributed by atoms with E-state index in [1.165, 1.54) is 0 Å². The van der Waals surface area contributed by atoms with Gasteiger partial charge in [0.1, 0.15) is 0 Å². The summed E-state index contributed by atoms with van der Waals surface area (Å²) in [5.41, 5.74) is 8.33. The van der Waals surface area contributed by atoms with Gasteiger partial charge in [-0.05, 0) is 38.0 Å². The molecular weight excluding hydrogens is 266 g/mol. The molecule has 2 aromatic carbocycles. The fraction of sp³-hybridized carbons (Fsp3) is 0.294. The van der Waals surface area contributed by atoms with E-state index >= 15 is 0 Å². The van der Waals surface area contributed by atoms with E-state index in [-0.39, 0.29) is 10.8 Å². The van der Waals surface area contributed by atoms with Crippen molar-refractivity contribution in [1.29, 1.82) is 0 Å². The molecule has 0 aromatic heterocycles. The first-order valence-electron chi connectivity index (χ1n) is 6.72. The minimum Gasteiger partial charge on any atom is -0.320 e. The summed E-state index contributed by atoms with van der Waals surface area (Å²) in [5.74, 6) is 0. The lowest BCUT2D eigenvalue weighted by molar-refractivity contribution is 0.646. The van der Waals surface area contributed by atoms with E-state index in [4.69, 9.17) is 5.73 Å². The molecule has 2 N–H and O–H groups in total. The molecule has 2 rings (SSSR count). The van der Waals surface area contributed by atoms with Gasteiger partial charge in [0.25, 0.3) is 0 Å². The largest absolute Gasteiger partial charge is 0.320 e. The smallest absolute Gasteiger partial charge is 0.0587 e. The average molecular weight is 287 g/mol. The second-order valence-electron chi connectivity index (χ2n) is 5.81. The Kier molecular flexibility index (Phi) is 4.41. The lowest BCUT2D eigenvalue weighted by Gasteiger charge is -2.22. The maximum absolute atomic E-state index is 12.7. The van der Waals surface area contributed by atoms with Crippen molar-refractivity contribution in [2.75, 3.05) is 0 Å². The quantitative estimate of drug-likeness (QED) is 0.936. The average Bonchev–Trinajstić information content (AvgIpc) is 2.45.